The van der Waals surface area contributed by atoms with Gasteiger partial charge < -0.3 is 15.8 Å². The highest BCUT2D eigenvalue weighted by atomic mass is 16.5. The third-order valence-corrected chi connectivity index (χ3v) is 3.24. The summed E-state index contributed by atoms with van der Waals surface area (Å²) in [6.07, 6.45) is 3.30. The first-order valence-electron chi connectivity index (χ1n) is 6.71. The van der Waals surface area contributed by atoms with Crippen LogP contribution in [0, 0.1) is 0 Å². The third-order valence-electron chi connectivity index (χ3n) is 3.24. The molecule has 0 saturated heterocycles. The number of rotatable bonds is 5. The van der Waals surface area contributed by atoms with Crippen molar-refractivity contribution in [2.45, 2.75) is 13.0 Å². The molecule has 6 heteroatoms. The first kappa shape index (κ1) is 15.5. The summed E-state index contributed by atoms with van der Waals surface area (Å²) in [5.74, 6) is -0.270. The lowest BCUT2D eigenvalue weighted by Crippen LogP contribution is -2.42. The van der Waals surface area contributed by atoms with Gasteiger partial charge in [0.05, 0.1) is 13.3 Å². The summed E-state index contributed by atoms with van der Waals surface area (Å²) in [7, 11) is 1.58. The summed E-state index contributed by atoms with van der Waals surface area (Å²) in [5.41, 5.74) is 7.36. The van der Waals surface area contributed by atoms with E-state index in [-0.39, 0.29) is 5.91 Å². The molecule has 0 fully saturated rings. The Labute approximate surface area is 128 Å². The van der Waals surface area contributed by atoms with Gasteiger partial charge in [-0.2, -0.15) is 0 Å². The number of pyridine rings is 1. The Morgan fingerprint density at radius 1 is 1.23 bits per heavy atom. The summed E-state index contributed by atoms with van der Waals surface area (Å²) in [5, 5.41) is 2.53. The van der Waals surface area contributed by atoms with Gasteiger partial charge in [0.25, 0.3) is 5.91 Å². The second-order valence-corrected chi connectivity index (χ2v) is 4.75. The average molecular weight is 299 g/mol. The summed E-state index contributed by atoms with van der Waals surface area (Å²) < 4.78 is 5.26. The lowest BCUT2D eigenvalue weighted by Gasteiger charge is -2.11. The Hall–Kier alpha value is -2.89. The van der Waals surface area contributed by atoms with E-state index in [0.29, 0.717) is 11.3 Å². The number of benzene rings is 1. The number of aromatic nitrogens is 1. The monoisotopic (exact) mass is 299 g/mol. The van der Waals surface area contributed by atoms with Crippen LogP contribution in [0.3, 0.4) is 0 Å². The van der Waals surface area contributed by atoms with Crippen molar-refractivity contribution in [3.05, 3.63) is 48.3 Å². The summed E-state index contributed by atoms with van der Waals surface area (Å²) in [6.45, 7) is 1.54. The Morgan fingerprint density at radius 3 is 2.50 bits per heavy atom. The van der Waals surface area contributed by atoms with Crippen LogP contribution in [0.15, 0.2) is 42.7 Å². The number of carbonyl (C=O) groups excluding carboxylic acids is 2. The molecule has 0 aliphatic rings. The molecule has 2 amide bonds. The van der Waals surface area contributed by atoms with Crippen molar-refractivity contribution in [1.82, 2.24) is 10.3 Å². The average Bonchev–Trinajstić information content (AvgIpc) is 2.54. The minimum Gasteiger partial charge on any atom is -0.494 e. The van der Waals surface area contributed by atoms with E-state index in [1.54, 1.807) is 31.6 Å². The predicted molar refractivity (Wildman–Crippen MR) is 82.3 cm³/mol. The third kappa shape index (κ3) is 3.41. The Kier molecular flexibility index (Phi) is 4.73. The normalized spacial score (nSPS) is 11.5. The number of ether oxygens (including phenoxy) is 1. The molecule has 1 heterocycles. The van der Waals surface area contributed by atoms with Crippen LogP contribution in [0.1, 0.15) is 17.3 Å². The number of carbonyl (C=O) groups is 2. The van der Waals surface area contributed by atoms with E-state index in [0.717, 1.165) is 11.1 Å². The first-order chi connectivity index (χ1) is 10.5. The Morgan fingerprint density at radius 2 is 1.91 bits per heavy atom. The van der Waals surface area contributed by atoms with Gasteiger partial charge in [-0.3, -0.25) is 14.6 Å². The van der Waals surface area contributed by atoms with Crippen molar-refractivity contribution in [2.75, 3.05) is 7.11 Å². The number of hydrogen-bond acceptors (Lipinski definition) is 4. The fraction of sp³-hybridized carbons (Fsp3) is 0.188. The van der Waals surface area contributed by atoms with E-state index in [4.69, 9.17) is 10.5 Å². The van der Waals surface area contributed by atoms with Gasteiger partial charge in [-0.15, -0.1) is 0 Å². The molecule has 0 unspecified atom stereocenters. The predicted octanol–water partition coefficient (Wildman–Crippen LogP) is 1.36. The SMILES string of the molecule is COc1cnccc1-c1ccc(C(=O)N[C@@H](C)C(N)=O)cc1. The second kappa shape index (κ2) is 6.71. The fourth-order valence-corrected chi connectivity index (χ4v) is 1.93. The standard InChI is InChI=1S/C16H17N3O3/c1-10(15(17)20)19-16(21)12-5-3-11(4-6-12)13-7-8-18-9-14(13)22-2/h3-10H,1-2H3,(H2,17,20)(H,19,21)/t10-/m0/s1. The van der Waals surface area contributed by atoms with Crippen molar-refractivity contribution in [3.8, 4) is 16.9 Å². The molecule has 22 heavy (non-hydrogen) atoms. The summed E-state index contributed by atoms with van der Waals surface area (Å²) in [4.78, 5) is 26.9. The van der Waals surface area contributed by atoms with Gasteiger partial charge in [-0.25, -0.2) is 0 Å². The molecule has 0 saturated carbocycles. The van der Waals surface area contributed by atoms with Crippen LogP contribution < -0.4 is 15.8 Å². The van der Waals surface area contributed by atoms with Crippen molar-refractivity contribution >= 4 is 11.8 Å². The Balaban J connectivity index is 2.20. The van der Waals surface area contributed by atoms with Gasteiger partial charge in [-0.05, 0) is 30.7 Å². The zero-order valence-corrected chi connectivity index (χ0v) is 12.4. The van der Waals surface area contributed by atoms with Gasteiger partial charge in [-0.1, -0.05) is 12.1 Å². The number of nitrogens with zero attached hydrogens (tertiary/aromatic N) is 1. The molecule has 1 aromatic carbocycles. The highest BCUT2D eigenvalue weighted by Crippen LogP contribution is 2.28. The molecule has 1 aromatic heterocycles. The molecule has 0 bridgehead atoms. The van der Waals surface area contributed by atoms with E-state index in [9.17, 15) is 9.59 Å². The van der Waals surface area contributed by atoms with Crippen LogP contribution in [0.25, 0.3) is 11.1 Å². The molecule has 0 aliphatic heterocycles. The number of primary amides is 1. The summed E-state index contributed by atoms with van der Waals surface area (Å²) in [6, 6.07) is 8.09. The number of hydrogen-bond donors (Lipinski definition) is 2. The number of nitrogens with one attached hydrogen (secondary N) is 1. The highest BCUT2D eigenvalue weighted by Gasteiger charge is 2.14. The van der Waals surface area contributed by atoms with Crippen LogP contribution in [0.5, 0.6) is 5.75 Å². The molecule has 3 N–H and O–H groups in total. The van der Waals surface area contributed by atoms with Crippen molar-refractivity contribution < 1.29 is 14.3 Å². The van der Waals surface area contributed by atoms with Crippen LogP contribution >= 0.6 is 0 Å². The first-order valence-corrected chi connectivity index (χ1v) is 6.71. The highest BCUT2D eigenvalue weighted by molar-refractivity contribution is 5.97. The maximum Gasteiger partial charge on any atom is 0.251 e. The molecule has 0 spiro atoms. The molecule has 0 aliphatic carbocycles. The minimum atomic E-state index is -0.715. The molecule has 2 rings (SSSR count). The number of nitrogens with two attached hydrogens (primary N) is 1. The number of amides is 2. The van der Waals surface area contributed by atoms with E-state index in [1.807, 2.05) is 18.2 Å². The van der Waals surface area contributed by atoms with Gasteiger partial charge in [0, 0.05) is 17.3 Å². The molecule has 6 nitrogen and oxygen atoms in total. The largest absolute Gasteiger partial charge is 0.494 e. The quantitative estimate of drug-likeness (QED) is 0.871. The lowest BCUT2D eigenvalue weighted by molar-refractivity contribution is -0.119. The van der Waals surface area contributed by atoms with Crippen molar-refractivity contribution in [3.63, 3.8) is 0 Å². The fourth-order valence-electron chi connectivity index (χ4n) is 1.93. The topological polar surface area (TPSA) is 94.3 Å². The minimum absolute atomic E-state index is 0.348. The maximum absolute atomic E-state index is 12.0. The maximum atomic E-state index is 12.0. The van der Waals surface area contributed by atoms with Gasteiger partial charge >= 0.3 is 0 Å². The Bertz CT molecular complexity index is 683. The van der Waals surface area contributed by atoms with Gasteiger partial charge in [0.2, 0.25) is 5.91 Å². The molecule has 0 radical (unpaired) electrons. The summed E-state index contributed by atoms with van der Waals surface area (Å²) >= 11 is 0. The van der Waals surface area contributed by atoms with Gasteiger partial charge in [0.15, 0.2) is 0 Å². The zero-order chi connectivity index (χ0) is 16.1. The van der Waals surface area contributed by atoms with E-state index >= 15 is 0 Å². The van der Waals surface area contributed by atoms with Crippen LogP contribution in [0.4, 0.5) is 0 Å². The zero-order valence-electron chi connectivity index (χ0n) is 12.4. The van der Waals surface area contributed by atoms with E-state index < -0.39 is 11.9 Å². The van der Waals surface area contributed by atoms with Crippen LogP contribution in [0.2, 0.25) is 0 Å². The van der Waals surface area contributed by atoms with Crippen molar-refractivity contribution in [1.29, 1.82) is 0 Å². The molecular weight excluding hydrogens is 282 g/mol. The van der Waals surface area contributed by atoms with Gasteiger partial charge in [0.1, 0.15) is 11.8 Å². The molecular formula is C16H17N3O3. The number of methoxy groups -OCH3 is 1. The molecule has 114 valence electrons. The second-order valence-electron chi connectivity index (χ2n) is 4.75. The van der Waals surface area contributed by atoms with Crippen LogP contribution in [-0.4, -0.2) is 29.9 Å². The van der Waals surface area contributed by atoms with E-state index in [1.165, 1.54) is 6.92 Å². The molecule has 2 aromatic rings. The lowest BCUT2D eigenvalue weighted by atomic mass is 10.0. The van der Waals surface area contributed by atoms with Crippen LogP contribution in [-0.2, 0) is 4.79 Å². The molecule has 1 atom stereocenters. The van der Waals surface area contributed by atoms with Crippen molar-refractivity contribution in [2.24, 2.45) is 5.73 Å². The van der Waals surface area contributed by atoms with E-state index in [2.05, 4.69) is 10.3 Å². The smallest absolute Gasteiger partial charge is 0.251 e.